The van der Waals surface area contributed by atoms with Crippen LogP contribution in [-0.2, 0) is 23.9 Å². The Balaban J connectivity index is 1.83. The number of amides is 1. The molecule has 0 spiro atoms. The van der Waals surface area contributed by atoms with E-state index >= 15 is 0 Å². The topological polar surface area (TPSA) is 80.3 Å². The molecule has 6 heteroatoms. The van der Waals surface area contributed by atoms with Crippen molar-refractivity contribution in [3.8, 4) is 0 Å². The average Bonchev–Trinajstić information content (AvgIpc) is 3.03. The number of aryl methyl sites for hydroxylation is 3. The molecule has 0 aliphatic rings. The summed E-state index contributed by atoms with van der Waals surface area (Å²) in [5, 5.41) is 17.3. The molecule has 1 amide bonds. The summed E-state index contributed by atoms with van der Waals surface area (Å²) in [4.78, 5) is 11.9. The number of nitrogens with one attached hydrogen (secondary N) is 1. The summed E-state index contributed by atoms with van der Waals surface area (Å²) in [6.07, 6.45) is 2.78. The van der Waals surface area contributed by atoms with Crippen molar-refractivity contribution in [2.75, 3.05) is 6.54 Å². The van der Waals surface area contributed by atoms with Crippen molar-refractivity contribution in [3.05, 3.63) is 41.1 Å². The molecular formula is C16H23N3O3. The molecule has 0 saturated carbocycles. The fourth-order valence-corrected chi connectivity index (χ4v) is 2.21. The average molecular weight is 305 g/mol. The predicted molar refractivity (Wildman–Crippen MR) is 82.3 cm³/mol. The van der Waals surface area contributed by atoms with Crippen molar-refractivity contribution >= 4 is 5.91 Å². The number of nitrogens with zero attached hydrogens (tertiary/aromatic N) is 2. The van der Waals surface area contributed by atoms with Gasteiger partial charge in [-0.3, -0.25) is 9.48 Å². The molecule has 1 unspecified atom stereocenters. The molecule has 2 aromatic rings. The van der Waals surface area contributed by atoms with Crippen LogP contribution in [0.4, 0.5) is 0 Å². The molecule has 6 nitrogen and oxygen atoms in total. The Bertz CT molecular complexity index is 655. The standard InChI is InChI=1S/C16H23N3O3/c1-11-5-7-14(22-11)16(3,21)10-17-15(20)8-6-13-9-18-19(4)12(13)2/h5,7,9,21H,6,8,10H2,1-4H3,(H,17,20). The largest absolute Gasteiger partial charge is 0.463 e. The monoisotopic (exact) mass is 305 g/mol. The van der Waals surface area contributed by atoms with Crippen molar-refractivity contribution in [1.82, 2.24) is 15.1 Å². The van der Waals surface area contributed by atoms with Gasteiger partial charge < -0.3 is 14.8 Å². The van der Waals surface area contributed by atoms with Crippen molar-refractivity contribution in [1.29, 1.82) is 0 Å². The van der Waals surface area contributed by atoms with Crippen LogP contribution in [-0.4, -0.2) is 27.3 Å². The molecule has 0 saturated heterocycles. The first kappa shape index (κ1) is 16.3. The Morgan fingerprint density at radius 1 is 1.45 bits per heavy atom. The van der Waals surface area contributed by atoms with Gasteiger partial charge in [0.2, 0.25) is 5.91 Å². The maximum Gasteiger partial charge on any atom is 0.220 e. The van der Waals surface area contributed by atoms with E-state index in [9.17, 15) is 9.90 Å². The summed E-state index contributed by atoms with van der Waals surface area (Å²) in [7, 11) is 1.88. The van der Waals surface area contributed by atoms with E-state index in [2.05, 4.69) is 10.4 Å². The van der Waals surface area contributed by atoms with Crippen molar-refractivity contribution in [2.45, 2.75) is 39.2 Å². The van der Waals surface area contributed by atoms with Crippen LogP contribution in [0.5, 0.6) is 0 Å². The lowest BCUT2D eigenvalue weighted by Crippen LogP contribution is -2.38. The van der Waals surface area contributed by atoms with Crippen LogP contribution in [0.3, 0.4) is 0 Å². The fourth-order valence-electron chi connectivity index (χ4n) is 2.21. The van der Waals surface area contributed by atoms with Crippen LogP contribution in [0.1, 0.15) is 36.1 Å². The summed E-state index contributed by atoms with van der Waals surface area (Å²) < 4.78 is 7.20. The van der Waals surface area contributed by atoms with Gasteiger partial charge in [0, 0.05) is 19.2 Å². The van der Waals surface area contributed by atoms with E-state index in [1.54, 1.807) is 29.9 Å². The number of carbonyl (C=O) groups is 1. The van der Waals surface area contributed by atoms with Crippen LogP contribution in [0.25, 0.3) is 0 Å². The van der Waals surface area contributed by atoms with E-state index in [1.165, 1.54) is 0 Å². The Kier molecular flexibility index (Phi) is 4.71. The van der Waals surface area contributed by atoms with Crippen LogP contribution in [0.2, 0.25) is 0 Å². The van der Waals surface area contributed by atoms with Crippen molar-refractivity contribution in [3.63, 3.8) is 0 Å². The zero-order chi connectivity index (χ0) is 16.3. The van der Waals surface area contributed by atoms with Crippen LogP contribution in [0, 0.1) is 13.8 Å². The minimum atomic E-state index is -1.21. The molecule has 2 rings (SSSR count). The van der Waals surface area contributed by atoms with E-state index in [0.717, 1.165) is 17.0 Å². The van der Waals surface area contributed by atoms with Crippen LogP contribution >= 0.6 is 0 Å². The lowest BCUT2D eigenvalue weighted by molar-refractivity contribution is -0.122. The molecule has 0 aromatic carbocycles. The smallest absolute Gasteiger partial charge is 0.220 e. The number of hydrogen-bond acceptors (Lipinski definition) is 4. The predicted octanol–water partition coefficient (Wildman–Crippen LogP) is 1.59. The molecular weight excluding hydrogens is 282 g/mol. The fraction of sp³-hybridized carbons (Fsp3) is 0.500. The van der Waals surface area contributed by atoms with Gasteiger partial charge in [-0.1, -0.05) is 0 Å². The van der Waals surface area contributed by atoms with Gasteiger partial charge in [0.25, 0.3) is 0 Å². The lowest BCUT2D eigenvalue weighted by atomic mass is 10.0. The summed E-state index contributed by atoms with van der Waals surface area (Å²) in [5.74, 6) is 1.08. The van der Waals surface area contributed by atoms with Crippen molar-refractivity contribution in [2.24, 2.45) is 7.05 Å². The summed E-state index contributed by atoms with van der Waals surface area (Å²) >= 11 is 0. The maximum atomic E-state index is 11.9. The molecule has 0 radical (unpaired) electrons. The first-order chi connectivity index (χ1) is 10.3. The molecule has 120 valence electrons. The Morgan fingerprint density at radius 3 is 2.73 bits per heavy atom. The summed E-state index contributed by atoms with van der Waals surface area (Å²) in [5.41, 5.74) is 0.908. The zero-order valence-corrected chi connectivity index (χ0v) is 13.5. The second-order valence-corrected chi connectivity index (χ2v) is 5.84. The summed E-state index contributed by atoms with van der Waals surface area (Å²) in [6, 6.07) is 3.51. The van der Waals surface area contributed by atoms with Crippen LogP contribution < -0.4 is 5.32 Å². The van der Waals surface area contributed by atoms with E-state index in [-0.39, 0.29) is 12.5 Å². The normalized spacial score (nSPS) is 13.9. The Hall–Kier alpha value is -2.08. The molecule has 0 aliphatic heterocycles. The first-order valence-corrected chi connectivity index (χ1v) is 7.33. The minimum absolute atomic E-state index is 0.105. The third-order valence-electron chi connectivity index (χ3n) is 3.86. The molecule has 22 heavy (non-hydrogen) atoms. The van der Waals surface area contributed by atoms with Gasteiger partial charge in [0.05, 0.1) is 12.7 Å². The summed E-state index contributed by atoms with van der Waals surface area (Å²) in [6.45, 7) is 5.53. The number of aromatic nitrogens is 2. The minimum Gasteiger partial charge on any atom is -0.463 e. The maximum absolute atomic E-state index is 11.9. The lowest BCUT2D eigenvalue weighted by Gasteiger charge is -2.21. The van der Waals surface area contributed by atoms with E-state index in [0.29, 0.717) is 18.6 Å². The second kappa shape index (κ2) is 6.36. The highest BCUT2D eigenvalue weighted by Crippen LogP contribution is 2.22. The SMILES string of the molecule is Cc1ccc(C(C)(O)CNC(=O)CCc2cnn(C)c2C)o1. The molecule has 0 bridgehead atoms. The van der Waals surface area contributed by atoms with Gasteiger partial charge in [0.1, 0.15) is 17.1 Å². The quantitative estimate of drug-likeness (QED) is 0.849. The van der Waals surface area contributed by atoms with Crippen molar-refractivity contribution < 1.29 is 14.3 Å². The zero-order valence-electron chi connectivity index (χ0n) is 13.5. The van der Waals surface area contributed by atoms with Gasteiger partial charge in [-0.2, -0.15) is 5.10 Å². The number of rotatable bonds is 6. The molecule has 2 aromatic heterocycles. The highest BCUT2D eigenvalue weighted by Gasteiger charge is 2.27. The third-order valence-corrected chi connectivity index (χ3v) is 3.86. The van der Waals surface area contributed by atoms with Gasteiger partial charge in [-0.25, -0.2) is 0 Å². The third kappa shape index (κ3) is 3.76. The first-order valence-electron chi connectivity index (χ1n) is 7.33. The number of hydrogen-bond donors (Lipinski definition) is 2. The highest BCUT2D eigenvalue weighted by molar-refractivity contribution is 5.76. The van der Waals surface area contributed by atoms with Gasteiger partial charge >= 0.3 is 0 Å². The molecule has 2 heterocycles. The number of furan rings is 1. The number of carbonyl (C=O) groups excluding carboxylic acids is 1. The molecule has 1 atom stereocenters. The Morgan fingerprint density at radius 2 is 2.18 bits per heavy atom. The Labute approximate surface area is 130 Å². The van der Waals surface area contributed by atoms with Crippen LogP contribution in [0.15, 0.2) is 22.7 Å². The van der Waals surface area contributed by atoms with E-state index < -0.39 is 5.60 Å². The van der Waals surface area contributed by atoms with E-state index in [1.807, 2.05) is 20.9 Å². The molecule has 2 N–H and O–H groups in total. The second-order valence-electron chi connectivity index (χ2n) is 5.84. The van der Waals surface area contributed by atoms with Gasteiger partial charge in [-0.05, 0) is 44.9 Å². The molecule has 0 aliphatic carbocycles. The number of aliphatic hydroxyl groups is 1. The molecule has 0 fully saturated rings. The van der Waals surface area contributed by atoms with Gasteiger partial charge in [-0.15, -0.1) is 0 Å². The van der Waals surface area contributed by atoms with E-state index in [4.69, 9.17) is 4.42 Å². The van der Waals surface area contributed by atoms with Gasteiger partial charge in [0.15, 0.2) is 0 Å². The highest BCUT2D eigenvalue weighted by atomic mass is 16.4.